The molecule has 0 atom stereocenters. The number of amides is 1. The average Bonchev–Trinajstić information content (AvgIpc) is 2.37. The number of rotatable bonds is 3. The van der Waals surface area contributed by atoms with E-state index in [0.29, 0.717) is 23.0 Å². The molecule has 0 aromatic carbocycles. The number of aromatic nitrogens is 3. The highest BCUT2D eigenvalue weighted by molar-refractivity contribution is 6.33. The molecule has 0 aliphatic carbocycles. The van der Waals surface area contributed by atoms with Crippen molar-refractivity contribution in [3.8, 4) is 0 Å². The standard InChI is InChI=1S/C12H9Cl3N4O/c1-2-7-10(15)16-5-17-11(7)19-12(20)6-3-8(13)18-9(14)4-6/h3-5H,2H2,1H3,(H,16,17,19,20). The van der Waals surface area contributed by atoms with Gasteiger partial charge in [-0.2, -0.15) is 0 Å². The Kier molecular flexibility index (Phi) is 4.75. The van der Waals surface area contributed by atoms with Crippen LogP contribution < -0.4 is 5.32 Å². The van der Waals surface area contributed by atoms with Crippen molar-refractivity contribution < 1.29 is 4.79 Å². The maximum absolute atomic E-state index is 12.1. The zero-order valence-electron chi connectivity index (χ0n) is 10.3. The van der Waals surface area contributed by atoms with E-state index < -0.39 is 5.91 Å². The second kappa shape index (κ2) is 6.35. The largest absolute Gasteiger partial charge is 0.306 e. The Bertz CT molecular complexity index is 643. The predicted molar refractivity (Wildman–Crippen MR) is 78.6 cm³/mol. The summed E-state index contributed by atoms with van der Waals surface area (Å²) in [6, 6.07) is 2.83. The van der Waals surface area contributed by atoms with Crippen molar-refractivity contribution in [1.29, 1.82) is 0 Å². The molecule has 1 amide bonds. The molecule has 0 spiro atoms. The van der Waals surface area contributed by atoms with Crippen LogP contribution in [0.3, 0.4) is 0 Å². The molecule has 0 saturated carbocycles. The number of anilines is 1. The topological polar surface area (TPSA) is 67.8 Å². The highest BCUT2D eigenvalue weighted by Crippen LogP contribution is 2.21. The first-order valence-corrected chi connectivity index (χ1v) is 6.78. The number of hydrogen-bond acceptors (Lipinski definition) is 4. The molecule has 2 heterocycles. The maximum atomic E-state index is 12.1. The smallest absolute Gasteiger partial charge is 0.257 e. The molecule has 2 aromatic heterocycles. The summed E-state index contributed by atoms with van der Waals surface area (Å²) in [5.41, 5.74) is 0.945. The molecule has 5 nitrogen and oxygen atoms in total. The summed E-state index contributed by atoms with van der Waals surface area (Å²) in [7, 11) is 0. The minimum absolute atomic E-state index is 0.138. The van der Waals surface area contributed by atoms with Gasteiger partial charge in [0.05, 0.1) is 0 Å². The van der Waals surface area contributed by atoms with Crippen LogP contribution in [0.15, 0.2) is 18.5 Å². The second-order valence-corrected chi connectivity index (χ2v) is 4.93. The lowest BCUT2D eigenvalue weighted by Crippen LogP contribution is -2.15. The van der Waals surface area contributed by atoms with Crippen LogP contribution in [0.2, 0.25) is 15.5 Å². The Labute approximate surface area is 130 Å². The van der Waals surface area contributed by atoms with Gasteiger partial charge >= 0.3 is 0 Å². The Morgan fingerprint density at radius 2 is 1.85 bits per heavy atom. The van der Waals surface area contributed by atoms with Gasteiger partial charge < -0.3 is 5.32 Å². The van der Waals surface area contributed by atoms with Crippen LogP contribution in [0.1, 0.15) is 22.8 Å². The Balaban J connectivity index is 2.30. The first-order valence-electron chi connectivity index (χ1n) is 5.65. The Morgan fingerprint density at radius 3 is 2.45 bits per heavy atom. The number of pyridine rings is 1. The highest BCUT2D eigenvalue weighted by atomic mass is 35.5. The van der Waals surface area contributed by atoms with Gasteiger partial charge in [-0.3, -0.25) is 4.79 Å². The number of nitrogens with zero attached hydrogens (tertiary/aromatic N) is 3. The molecule has 0 saturated heterocycles. The lowest BCUT2D eigenvalue weighted by atomic mass is 10.2. The van der Waals surface area contributed by atoms with Crippen molar-refractivity contribution in [3.63, 3.8) is 0 Å². The molecule has 104 valence electrons. The van der Waals surface area contributed by atoms with E-state index in [-0.39, 0.29) is 15.9 Å². The van der Waals surface area contributed by atoms with Gasteiger partial charge in [0.1, 0.15) is 27.6 Å². The van der Waals surface area contributed by atoms with Gasteiger partial charge in [0.25, 0.3) is 5.91 Å². The van der Waals surface area contributed by atoms with Gasteiger partial charge in [0.15, 0.2) is 0 Å². The number of halogens is 3. The highest BCUT2D eigenvalue weighted by Gasteiger charge is 2.14. The normalized spacial score (nSPS) is 10.4. The van der Waals surface area contributed by atoms with Gasteiger partial charge in [0, 0.05) is 11.1 Å². The van der Waals surface area contributed by atoms with Crippen LogP contribution in [-0.2, 0) is 6.42 Å². The van der Waals surface area contributed by atoms with E-state index in [1.165, 1.54) is 18.5 Å². The minimum atomic E-state index is -0.402. The van der Waals surface area contributed by atoms with Crippen molar-refractivity contribution in [2.75, 3.05) is 5.32 Å². The summed E-state index contributed by atoms with van der Waals surface area (Å²) in [6.45, 7) is 1.89. The minimum Gasteiger partial charge on any atom is -0.306 e. The van der Waals surface area contributed by atoms with Crippen LogP contribution in [0.5, 0.6) is 0 Å². The fourth-order valence-electron chi connectivity index (χ4n) is 1.59. The van der Waals surface area contributed by atoms with Crippen LogP contribution >= 0.6 is 34.8 Å². The Morgan fingerprint density at radius 1 is 1.20 bits per heavy atom. The molecule has 2 aromatic rings. The van der Waals surface area contributed by atoms with E-state index in [9.17, 15) is 4.79 Å². The molecule has 8 heteroatoms. The maximum Gasteiger partial charge on any atom is 0.257 e. The molecule has 2 rings (SSSR count). The molecular weight excluding hydrogens is 323 g/mol. The fraction of sp³-hybridized carbons (Fsp3) is 0.167. The van der Waals surface area contributed by atoms with Gasteiger partial charge in [-0.1, -0.05) is 41.7 Å². The quantitative estimate of drug-likeness (QED) is 0.688. The van der Waals surface area contributed by atoms with Crippen molar-refractivity contribution >= 4 is 46.5 Å². The first-order chi connectivity index (χ1) is 9.51. The van der Waals surface area contributed by atoms with E-state index in [1.54, 1.807) is 0 Å². The van der Waals surface area contributed by atoms with Crippen LogP contribution in [0, 0.1) is 0 Å². The third kappa shape index (κ3) is 3.36. The van der Waals surface area contributed by atoms with E-state index >= 15 is 0 Å². The van der Waals surface area contributed by atoms with Gasteiger partial charge in [-0.15, -0.1) is 0 Å². The van der Waals surface area contributed by atoms with Crippen LogP contribution in [0.25, 0.3) is 0 Å². The molecule has 0 aliphatic heterocycles. The van der Waals surface area contributed by atoms with Crippen LogP contribution in [0.4, 0.5) is 5.82 Å². The van der Waals surface area contributed by atoms with Crippen molar-refractivity contribution in [3.05, 3.63) is 45.0 Å². The van der Waals surface area contributed by atoms with Gasteiger partial charge in [-0.05, 0) is 18.6 Å². The summed E-state index contributed by atoms with van der Waals surface area (Å²) in [5.74, 6) is -0.0396. The monoisotopic (exact) mass is 330 g/mol. The van der Waals surface area contributed by atoms with E-state index in [4.69, 9.17) is 34.8 Å². The molecule has 20 heavy (non-hydrogen) atoms. The number of carbonyl (C=O) groups excluding carboxylic acids is 1. The predicted octanol–water partition coefficient (Wildman–Crippen LogP) is 3.65. The zero-order valence-corrected chi connectivity index (χ0v) is 12.6. The summed E-state index contributed by atoms with van der Waals surface area (Å²) in [6.07, 6.45) is 1.87. The summed E-state index contributed by atoms with van der Waals surface area (Å²) in [5, 5.41) is 3.24. The third-order valence-corrected chi connectivity index (χ3v) is 3.22. The van der Waals surface area contributed by atoms with E-state index in [0.717, 1.165) is 0 Å². The molecule has 0 bridgehead atoms. The third-order valence-electron chi connectivity index (χ3n) is 2.50. The summed E-state index contributed by atoms with van der Waals surface area (Å²) < 4.78 is 0. The molecule has 0 fully saturated rings. The number of carbonyl (C=O) groups is 1. The van der Waals surface area contributed by atoms with E-state index in [2.05, 4.69) is 20.3 Å². The van der Waals surface area contributed by atoms with Gasteiger partial charge in [-0.25, -0.2) is 15.0 Å². The SMILES string of the molecule is CCc1c(Cl)ncnc1NC(=O)c1cc(Cl)nc(Cl)c1. The molecule has 0 aliphatic rings. The molecular formula is C12H9Cl3N4O. The van der Waals surface area contributed by atoms with Crippen molar-refractivity contribution in [2.45, 2.75) is 13.3 Å². The van der Waals surface area contributed by atoms with Crippen molar-refractivity contribution in [1.82, 2.24) is 15.0 Å². The second-order valence-electron chi connectivity index (χ2n) is 3.80. The first kappa shape index (κ1) is 15.0. The van der Waals surface area contributed by atoms with Crippen molar-refractivity contribution in [2.24, 2.45) is 0 Å². The number of nitrogens with one attached hydrogen (secondary N) is 1. The molecule has 0 unspecified atom stereocenters. The molecule has 1 N–H and O–H groups in total. The average molecular weight is 332 g/mol. The summed E-state index contributed by atoms with van der Waals surface area (Å²) in [4.78, 5) is 23.8. The lowest BCUT2D eigenvalue weighted by molar-refractivity contribution is 0.102. The fourth-order valence-corrected chi connectivity index (χ4v) is 2.31. The van der Waals surface area contributed by atoms with Gasteiger partial charge in [0.2, 0.25) is 0 Å². The zero-order chi connectivity index (χ0) is 14.7. The summed E-state index contributed by atoms with van der Waals surface area (Å²) >= 11 is 17.5. The lowest BCUT2D eigenvalue weighted by Gasteiger charge is -2.09. The number of hydrogen-bond donors (Lipinski definition) is 1. The Hall–Kier alpha value is -1.43. The van der Waals surface area contributed by atoms with E-state index in [1.807, 2.05) is 6.92 Å². The molecule has 0 radical (unpaired) electrons. The van der Waals surface area contributed by atoms with Crippen LogP contribution in [-0.4, -0.2) is 20.9 Å².